The number of hydrogen-bond donors (Lipinski definition) is 1. The molecule has 0 radical (unpaired) electrons. The second-order valence-corrected chi connectivity index (χ2v) is 6.46. The van der Waals surface area contributed by atoms with Crippen molar-refractivity contribution < 1.29 is 14.3 Å². The maximum Gasteiger partial charge on any atom is 0.409 e. The van der Waals surface area contributed by atoms with Gasteiger partial charge in [0.15, 0.2) is 0 Å². The Morgan fingerprint density at radius 2 is 2.00 bits per heavy atom. The van der Waals surface area contributed by atoms with Crippen molar-refractivity contribution >= 4 is 6.09 Å². The Morgan fingerprint density at radius 1 is 1.35 bits per heavy atom. The van der Waals surface area contributed by atoms with Crippen molar-refractivity contribution in [3.05, 3.63) is 0 Å². The van der Waals surface area contributed by atoms with E-state index >= 15 is 0 Å². The van der Waals surface area contributed by atoms with Gasteiger partial charge in [0.05, 0.1) is 12.7 Å². The standard InChI is InChI=1S/C15H28N2O3/c1-5-20-14(18)17-8-6-11(7-9-17)16-12-10-13(19-4)15(12,2)3/h11-13,16H,5-10H2,1-4H3. The summed E-state index contributed by atoms with van der Waals surface area (Å²) in [6.07, 6.45) is 3.28. The zero-order chi connectivity index (χ0) is 14.8. The van der Waals surface area contributed by atoms with Crippen LogP contribution < -0.4 is 5.32 Å². The van der Waals surface area contributed by atoms with Crippen molar-refractivity contribution in [3.63, 3.8) is 0 Å². The number of carbonyl (C=O) groups is 1. The van der Waals surface area contributed by atoms with Crippen LogP contribution in [0.1, 0.15) is 40.0 Å². The molecule has 5 heteroatoms. The molecule has 2 rings (SSSR count). The number of hydrogen-bond acceptors (Lipinski definition) is 4. The van der Waals surface area contributed by atoms with E-state index in [4.69, 9.17) is 9.47 Å². The molecular weight excluding hydrogens is 256 g/mol. The number of ether oxygens (including phenoxy) is 2. The van der Waals surface area contributed by atoms with Crippen molar-refractivity contribution in [1.29, 1.82) is 0 Å². The maximum absolute atomic E-state index is 11.6. The third kappa shape index (κ3) is 3.09. The van der Waals surface area contributed by atoms with Crippen LogP contribution in [-0.2, 0) is 9.47 Å². The van der Waals surface area contributed by atoms with Gasteiger partial charge in [-0.25, -0.2) is 4.79 Å². The number of amides is 1. The summed E-state index contributed by atoms with van der Waals surface area (Å²) in [4.78, 5) is 13.5. The summed E-state index contributed by atoms with van der Waals surface area (Å²) in [6.45, 7) is 8.39. The van der Waals surface area contributed by atoms with Crippen molar-refractivity contribution in [3.8, 4) is 0 Å². The number of nitrogens with one attached hydrogen (secondary N) is 1. The fourth-order valence-corrected chi connectivity index (χ4v) is 3.30. The smallest absolute Gasteiger partial charge is 0.409 e. The molecule has 1 heterocycles. The first-order chi connectivity index (χ1) is 9.48. The summed E-state index contributed by atoms with van der Waals surface area (Å²) >= 11 is 0. The van der Waals surface area contributed by atoms with Gasteiger partial charge in [0.1, 0.15) is 0 Å². The highest BCUT2D eigenvalue weighted by Gasteiger charge is 2.49. The van der Waals surface area contributed by atoms with Gasteiger partial charge in [-0.1, -0.05) is 13.8 Å². The molecule has 5 nitrogen and oxygen atoms in total. The minimum atomic E-state index is -0.172. The molecule has 0 aromatic heterocycles. The van der Waals surface area contributed by atoms with E-state index in [0.717, 1.165) is 32.4 Å². The minimum absolute atomic E-state index is 0.172. The van der Waals surface area contributed by atoms with Gasteiger partial charge in [-0.3, -0.25) is 0 Å². The topological polar surface area (TPSA) is 50.8 Å². The van der Waals surface area contributed by atoms with E-state index in [1.807, 2.05) is 11.8 Å². The zero-order valence-electron chi connectivity index (χ0n) is 13.1. The Hall–Kier alpha value is -0.810. The largest absolute Gasteiger partial charge is 0.450 e. The van der Waals surface area contributed by atoms with Crippen LogP contribution in [0.2, 0.25) is 0 Å². The van der Waals surface area contributed by atoms with Gasteiger partial charge in [0.25, 0.3) is 0 Å². The molecule has 1 saturated heterocycles. The molecule has 1 aliphatic heterocycles. The molecule has 2 aliphatic rings. The molecule has 20 heavy (non-hydrogen) atoms. The van der Waals surface area contributed by atoms with E-state index in [1.165, 1.54) is 0 Å². The average molecular weight is 284 g/mol. The Bertz CT molecular complexity index is 338. The molecule has 2 fully saturated rings. The van der Waals surface area contributed by atoms with Gasteiger partial charge in [-0.05, 0) is 26.2 Å². The van der Waals surface area contributed by atoms with Gasteiger partial charge >= 0.3 is 6.09 Å². The summed E-state index contributed by atoms with van der Waals surface area (Å²) < 4.78 is 10.5. The first-order valence-electron chi connectivity index (χ1n) is 7.69. The summed E-state index contributed by atoms with van der Waals surface area (Å²) in [6, 6.07) is 1.02. The number of carbonyl (C=O) groups excluding carboxylic acids is 1. The molecule has 116 valence electrons. The molecule has 0 aromatic carbocycles. The highest BCUT2D eigenvalue weighted by molar-refractivity contribution is 5.67. The van der Waals surface area contributed by atoms with Crippen LogP contribution in [0.15, 0.2) is 0 Å². The van der Waals surface area contributed by atoms with E-state index in [1.54, 1.807) is 7.11 Å². The third-order valence-electron chi connectivity index (χ3n) is 4.92. The first kappa shape index (κ1) is 15.6. The lowest BCUT2D eigenvalue weighted by atomic mass is 9.64. The fraction of sp³-hybridized carbons (Fsp3) is 0.933. The first-order valence-corrected chi connectivity index (χ1v) is 7.69. The van der Waals surface area contributed by atoms with Gasteiger partial charge in [0.2, 0.25) is 0 Å². The number of methoxy groups -OCH3 is 1. The molecule has 1 N–H and O–H groups in total. The second kappa shape index (κ2) is 6.31. The Labute approximate surface area is 122 Å². The molecule has 0 bridgehead atoms. The Balaban J connectivity index is 1.74. The number of piperidine rings is 1. The van der Waals surface area contributed by atoms with Crippen LogP contribution in [0.5, 0.6) is 0 Å². The monoisotopic (exact) mass is 284 g/mol. The molecule has 2 unspecified atom stereocenters. The predicted octanol–water partition coefficient (Wildman–Crippen LogP) is 2.01. The normalized spacial score (nSPS) is 29.9. The van der Waals surface area contributed by atoms with E-state index in [-0.39, 0.29) is 11.5 Å². The molecule has 1 saturated carbocycles. The molecule has 1 amide bonds. The summed E-state index contributed by atoms with van der Waals surface area (Å²) in [5, 5.41) is 3.74. The lowest BCUT2D eigenvalue weighted by Crippen LogP contribution is -2.63. The quantitative estimate of drug-likeness (QED) is 0.858. The number of rotatable bonds is 4. The lowest BCUT2D eigenvalue weighted by molar-refractivity contribution is -0.101. The fourth-order valence-electron chi connectivity index (χ4n) is 3.30. The van der Waals surface area contributed by atoms with E-state index in [0.29, 0.717) is 24.8 Å². The maximum atomic E-state index is 11.6. The number of nitrogens with zero attached hydrogens (tertiary/aromatic N) is 1. The van der Waals surface area contributed by atoms with Crippen LogP contribution in [-0.4, -0.2) is 56.0 Å². The summed E-state index contributed by atoms with van der Waals surface area (Å²) in [7, 11) is 1.79. The second-order valence-electron chi connectivity index (χ2n) is 6.46. The van der Waals surface area contributed by atoms with Gasteiger partial charge in [-0.2, -0.15) is 0 Å². The van der Waals surface area contributed by atoms with E-state index < -0.39 is 0 Å². The van der Waals surface area contributed by atoms with Crippen molar-refractivity contribution in [2.45, 2.75) is 58.2 Å². The van der Waals surface area contributed by atoms with Gasteiger partial charge in [-0.15, -0.1) is 0 Å². The van der Waals surface area contributed by atoms with Crippen molar-refractivity contribution in [2.24, 2.45) is 5.41 Å². The van der Waals surface area contributed by atoms with Crippen molar-refractivity contribution in [1.82, 2.24) is 10.2 Å². The molecular formula is C15H28N2O3. The SMILES string of the molecule is CCOC(=O)N1CCC(NC2CC(OC)C2(C)C)CC1. The minimum Gasteiger partial charge on any atom is -0.450 e. The van der Waals surface area contributed by atoms with E-state index in [9.17, 15) is 4.79 Å². The zero-order valence-corrected chi connectivity index (χ0v) is 13.1. The molecule has 0 spiro atoms. The Kier molecular flexibility index (Phi) is 4.91. The highest BCUT2D eigenvalue weighted by atomic mass is 16.6. The van der Waals surface area contributed by atoms with Crippen molar-refractivity contribution in [2.75, 3.05) is 26.8 Å². The van der Waals surface area contributed by atoms with Crippen LogP contribution in [0.4, 0.5) is 4.79 Å². The van der Waals surface area contributed by atoms with Crippen LogP contribution >= 0.6 is 0 Å². The predicted molar refractivity (Wildman–Crippen MR) is 77.7 cm³/mol. The van der Waals surface area contributed by atoms with Crippen LogP contribution in [0, 0.1) is 5.41 Å². The highest BCUT2D eigenvalue weighted by Crippen LogP contribution is 2.42. The average Bonchev–Trinajstić information content (AvgIpc) is 2.44. The van der Waals surface area contributed by atoms with Crippen LogP contribution in [0.25, 0.3) is 0 Å². The van der Waals surface area contributed by atoms with Crippen LogP contribution in [0.3, 0.4) is 0 Å². The summed E-state index contributed by atoms with van der Waals surface area (Å²) in [5.41, 5.74) is 0.201. The van der Waals surface area contributed by atoms with Gasteiger partial charge < -0.3 is 19.7 Å². The van der Waals surface area contributed by atoms with Gasteiger partial charge in [0, 0.05) is 37.7 Å². The molecule has 1 aliphatic carbocycles. The van der Waals surface area contributed by atoms with E-state index in [2.05, 4.69) is 19.2 Å². The Morgan fingerprint density at radius 3 is 2.50 bits per heavy atom. The third-order valence-corrected chi connectivity index (χ3v) is 4.92. The molecule has 0 aromatic rings. The number of likely N-dealkylation sites (tertiary alicyclic amines) is 1. The summed E-state index contributed by atoms with van der Waals surface area (Å²) in [5.74, 6) is 0. The molecule has 2 atom stereocenters. The lowest BCUT2D eigenvalue weighted by Gasteiger charge is -2.53.